The molecule has 1 N–H and O–H groups in total. The smallest absolute Gasteiger partial charge is 0.409 e. The topological polar surface area (TPSA) is 79.0 Å². The number of amides is 1. The summed E-state index contributed by atoms with van der Waals surface area (Å²) in [7, 11) is -1.70. The molecule has 0 radical (unpaired) electrons. The van der Waals surface area contributed by atoms with Crippen LogP contribution in [0.5, 0.6) is 0 Å². The fraction of sp³-hybridized carbons (Fsp3) is 0.909. The molecule has 8 heteroatoms. The largest absolute Gasteiger partial charge is 0.453 e. The molecule has 1 saturated heterocycles. The van der Waals surface area contributed by atoms with Crippen molar-refractivity contribution >= 4 is 16.1 Å². The van der Waals surface area contributed by atoms with Gasteiger partial charge in [-0.15, -0.1) is 0 Å². The van der Waals surface area contributed by atoms with Crippen LogP contribution < -0.4 is 4.72 Å². The van der Waals surface area contributed by atoms with Gasteiger partial charge in [0, 0.05) is 39.3 Å². The molecular weight excluding hydrogens is 270 g/mol. The minimum absolute atomic E-state index is 0.163. The number of ether oxygens (including phenoxy) is 1. The van der Waals surface area contributed by atoms with Crippen molar-refractivity contribution < 1.29 is 17.9 Å². The van der Waals surface area contributed by atoms with Gasteiger partial charge in [0.15, 0.2) is 0 Å². The molecule has 0 atom stereocenters. The summed E-state index contributed by atoms with van der Waals surface area (Å²) in [5, 5.41) is -0.163. The Morgan fingerprint density at radius 3 is 2.42 bits per heavy atom. The molecule has 0 bridgehead atoms. The maximum Gasteiger partial charge on any atom is 0.409 e. The highest BCUT2D eigenvalue weighted by molar-refractivity contribution is 7.90. The number of nitrogens with one attached hydrogen (secondary N) is 1. The van der Waals surface area contributed by atoms with Crippen molar-refractivity contribution in [3.8, 4) is 0 Å². The highest BCUT2D eigenvalue weighted by Crippen LogP contribution is 2.27. The quantitative estimate of drug-likeness (QED) is 0.735. The van der Waals surface area contributed by atoms with Gasteiger partial charge in [-0.2, -0.15) is 0 Å². The Hall–Kier alpha value is -0.860. The van der Waals surface area contributed by atoms with Gasteiger partial charge in [-0.05, 0) is 12.8 Å². The van der Waals surface area contributed by atoms with Gasteiger partial charge >= 0.3 is 6.09 Å². The standard InChI is InChI=1S/C11H21N3O4S/c1-18-11(15)14-8-6-13(7-9-14)5-4-12-19(16,17)10-2-3-10/h10,12H,2-9H2,1H3. The lowest BCUT2D eigenvalue weighted by atomic mass is 10.3. The van der Waals surface area contributed by atoms with Crippen molar-refractivity contribution in [2.45, 2.75) is 18.1 Å². The molecule has 1 aliphatic carbocycles. The molecule has 0 unspecified atom stereocenters. The predicted molar refractivity (Wildman–Crippen MR) is 70.4 cm³/mol. The molecule has 2 fully saturated rings. The Bertz CT molecular complexity index is 414. The SMILES string of the molecule is COC(=O)N1CCN(CCNS(=O)(=O)C2CC2)CC1. The summed E-state index contributed by atoms with van der Waals surface area (Å²) in [6, 6.07) is 0. The summed E-state index contributed by atoms with van der Waals surface area (Å²) in [5.41, 5.74) is 0. The van der Waals surface area contributed by atoms with Crippen LogP contribution in [0.1, 0.15) is 12.8 Å². The first kappa shape index (κ1) is 14.5. The number of sulfonamides is 1. The van der Waals surface area contributed by atoms with E-state index in [4.69, 9.17) is 0 Å². The average Bonchev–Trinajstić information content (AvgIpc) is 3.23. The van der Waals surface area contributed by atoms with Gasteiger partial charge in [-0.3, -0.25) is 4.90 Å². The van der Waals surface area contributed by atoms with Crippen LogP contribution in [0.3, 0.4) is 0 Å². The molecule has 1 saturated carbocycles. The Balaban J connectivity index is 1.64. The summed E-state index contributed by atoms with van der Waals surface area (Å²) < 4.78 is 30.5. The van der Waals surface area contributed by atoms with Crippen LogP contribution in [-0.2, 0) is 14.8 Å². The first-order valence-corrected chi connectivity index (χ1v) is 8.11. The molecule has 1 heterocycles. The lowest BCUT2D eigenvalue weighted by molar-refractivity contribution is 0.0918. The maximum absolute atomic E-state index is 11.6. The third-order valence-electron chi connectivity index (χ3n) is 3.50. The molecule has 0 aromatic carbocycles. The molecular formula is C11H21N3O4S. The van der Waals surface area contributed by atoms with Crippen molar-refractivity contribution in [1.29, 1.82) is 0 Å². The van der Waals surface area contributed by atoms with E-state index in [1.54, 1.807) is 4.90 Å². The van der Waals surface area contributed by atoms with E-state index in [-0.39, 0.29) is 11.3 Å². The van der Waals surface area contributed by atoms with E-state index in [9.17, 15) is 13.2 Å². The second kappa shape index (κ2) is 6.06. The lowest BCUT2D eigenvalue weighted by Crippen LogP contribution is -2.50. The summed E-state index contributed by atoms with van der Waals surface area (Å²) in [6.45, 7) is 3.88. The molecule has 1 aliphatic heterocycles. The second-order valence-electron chi connectivity index (χ2n) is 4.94. The van der Waals surface area contributed by atoms with E-state index in [0.717, 1.165) is 25.9 Å². The Labute approximate surface area is 113 Å². The monoisotopic (exact) mass is 291 g/mol. The first-order chi connectivity index (χ1) is 9.03. The third-order valence-corrected chi connectivity index (χ3v) is 5.46. The molecule has 2 rings (SSSR count). The molecule has 0 spiro atoms. The van der Waals surface area contributed by atoms with Crippen LogP contribution in [0.4, 0.5) is 4.79 Å². The number of hydrogen-bond acceptors (Lipinski definition) is 5. The van der Waals surface area contributed by atoms with Crippen LogP contribution in [0.15, 0.2) is 0 Å². The van der Waals surface area contributed by atoms with Gasteiger partial charge in [0.25, 0.3) is 0 Å². The summed E-state index contributed by atoms with van der Waals surface area (Å²) in [5.74, 6) is 0. The minimum Gasteiger partial charge on any atom is -0.453 e. The Kier molecular flexibility index (Phi) is 4.64. The van der Waals surface area contributed by atoms with E-state index in [2.05, 4.69) is 14.4 Å². The second-order valence-corrected chi connectivity index (χ2v) is 6.98. The molecule has 0 aromatic rings. The lowest BCUT2D eigenvalue weighted by Gasteiger charge is -2.33. The number of rotatable bonds is 5. The van der Waals surface area contributed by atoms with E-state index >= 15 is 0 Å². The van der Waals surface area contributed by atoms with Crippen molar-refractivity contribution in [2.24, 2.45) is 0 Å². The van der Waals surface area contributed by atoms with Crippen LogP contribution in [-0.4, -0.2) is 75.9 Å². The summed E-state index contributed by atoms with van der Waals surface area (Å²) in [4.78, 5) is 15.1. The van der Waals surface area contributed by atoms with E-state index < -0.39 is 10.0 Å². The van der Waals surface area contributed by atoms with Crippen molar-refractivity contribution in [2.75, 3.05) is 46.4 Å². The minimum atomic E-state index is -3.08. The Morgan fingerprint density at radius 1 is 1.26 bits per heavy atom. The third kappa shape index (κ3) is 4.05. The van der Waals surface area contributed by atoms with E-state index in [1.165, 1.54) is 7.11 Å². The van der Waals surface area contributed by atoms with Crippen LogP contribution in [0, 0.1) is 0 Å². The Morgan fingerprint density at radius 2 is 1.89 bits per heavy atom. The fourth-order valence-corrected chi connectivity index (χ4v) is 3.49. The van der Waals surface area contributed by atoms with Gasteiger partial charge in [0.1, 0.15) is 0 Å². The molecule has 0 aromatic heterocycles. The first-order valence-electron chi connectivity index (χ1n) is 6.56. The fourth-order valence-electron chi connectivity index (χ4n) is 2.13. The molecule has 7 nitrogen and oxygen atoms in total. The van der Waals surface area contributed by atoms with Crippen LogP contribution in [0.2, 0.25) is 0 Å². The van der Waals surface area contributed by atoms with Crippen molar-refractivity contribution in [3.05, 3.63) is 0 Å². The average molecular weight is 291 g/mol. The van der Waals surface area contributed by atoms with E-state index in [0.29, 0.717) is 26.2 Å². The highest BCUT2D eigenvalue weighted by Gasteiger charge is 2.35. The number of piperazine rings is 1. The van der Waals surface area contributed by atoms with Crippen LogP contribution in [0.25, 0.3) is 0 Å². The number of carbonyl (C=O) groups excluding carboxylic acids is 1. The summed E-state index contributed by atoms with van der Waals surface area (Å²) >= 11 is 0. The molecule has 2 aliphatic rings. The number of nitrogens with zero attached hydrogens (tertiary/aromatic N) is 2. The van der Waals surface area contributed by atoms with Gasteiger partial charge < -0.3 is 9.64 Å². The van der Waals surface area contributed by atoms with Gasteiger partial charge in [0.05, 0.1) is 12.4 Å². The zero-order chi connectivity index (χ0) is 13.9. The number of carbonyl (C=O) groups is 1. The van der Waals surface area contributed by atoms with E-state index in [1.807, 2.05) is 0 Å². The maximum atomic E-state index is 11.6. The van der Waals surface area contributed by atoms with Crippen molar-refractivity contribution in [3.63, 3.8) is 0 Å². The van der Waals surface area contributed by atoms with Gasteiger partial charge in [-0.25, -0.2) is 17.9 Å². The highest BCUT2D eigenvalue weighted by atomic mass is 32.2. The van der Waals surface area contributed by atoms with Crippen molar-refractivity contribution in [1.82, 2.24) is 14.5 Å². The molecule has 19 heavy (non-hydrogen) atoms. The number of methoxy groups -OCH3 is 1. The van der Waals surface area contributed by atoms with Crippen LogP contribution >= 0.6 is 0 Å². The predicted octanol–water partition coefficient (Wildman–Crippen LogP) is -0.548. The number of hydrogen-bond donors (Lipinski definition) is 1. The molecule has 110 valence electrons. The molecule has 1 amide bonds. The van der Waals surface area contributed by atoms with Gasteiger partial charge in [-0.1, -0.05) is 0 Å². The zero-order valence-corrected chi connectivity index (χ0v) is 12.0. The zero-order valence-electron chi connectivity index (χ0n) is 11.2. The summed E-state index contributed by atoms with van der Waals surface area (Å²) in [6.07, 6.45) is 1.27. The van der Waals surface area contributed by atoms with Gasteiger partial charge in [0.2, 0.25) is 10.0 Å². The normalized spacial score (nSPS) is 21.4.